The first-order valence-electron chi connectivity index (χ1n) is 12.7. The summed E-state index contributed by atoms with van der Waals surface area (Å²) in [5.74, 6) is 1.85. The van der Waals surface area contributed by atoms with E-state index >= 15 is 0 Å². The van der Waals surface area contributed by atoms with Gasteiger partial charge in [-0.1, -0.05) is 109 Å². The number of hydrogen-bond acceptors (Lipinski definition) is 2. The minimum Gasteiger partial charge on any atom is -1.00 e. The first-order valence-corrected chi connectivity index (χ1v) is 15.7. The first-order chi connectivity index (χ1) is 18.0. The Hall–Kier alpha value is -2.62. The zero-order chi connectivity index (χ0) is 25.6. The van der Waals surface area contributed by atoms with Gasteiger partial charge in [0.05, 0.1) is 22.3 Å². The fourth-order valence-corrected chi connectivity index (χ4v) is 7.88. The van der Waals surface area contributed by atoms with Gasteiger partial charge in [-0.05, 0) is 11.1 Å². The average Bonchev–Trinajstić information content (AvgIpc) is 3.60. The van der Waals surface area contributed by atoms with E-state index in [0.717, 1.165) is 11.5 Å². The summed E-state index contributed by atoms with van der Waals surface area (Å²) in [6.45, 7) is 4.89. The molecule has 0 fully saturated rings. The molecule has 0 saturated carbocycles. The molecule has 200 valence electrons. The van der Waals surface area contributed by atoms with Crippen molar-refractivity contribution in [1.82, 2.24) is 0 Å². The van der Waals surface area contributed by atoms with Gasteiger partial charge in [0.2, 0.25) is 0 Å². The van der Waals surface area contributed by atoms with Gasteiger partial charge in [0, 0.05) is 11.5 Å². The van der Waals surface area contributed by atoms with Crippen LogP contribution in [0.4, 0.5) is 0 Å². The number of hydrogen-bond donors (Lipinski definition) is 0. The van der Waals surface area contributed by atoms with Gasteiger partial charge < -0.3 is 34.3 Å². The summed E-state index contributed by atoms with van der Waals surface area (Å²) in [5.41, 5.74) is 4.94. The summed E-state index contributed by atoms with van der Waals surface area (Å²) in [4.78, 5) is 0. The van der Waals surface area contributed by atoms with Crippen molar-refractivity contribution < 1.29 is 60.5 Å². The third kappa shape index (κ3) is 5.48. The van der Waals surface area contributed by atoms with Gasteiger partial charge in [0.15, 0.2) is 0 Å². The Balaban J connectivity index is 0.00000147. The Kier molecular flexibility index (Phi) is 10.3. The average molecular weight is 661 g/mol. The molecule has 0 aliphatic rings. The van der Waals surface area contributed by atoms with E-state index in [-0.39, 0.29) is 51.0 Å². The fourth-order valence-electron chi connectivity index (χ4n) is 5.53. The number of benzene rings is 4. The monoisotopic (exact) mass is 658 g/mol. The summed E-state index contributed by atoms with van der Waals surface area (Å²) in [5, 5.41) is 7.66. The molecule has 0 aliphatic heterocycles. The van der Waals surface area contributed by atoms with Crippen molar-refractivity contribution in [3.63, 3.8) is 0 Å². The van der Waals surface area contributed by atoms with E-state index in [1.807, 2.05) is 0 Å². The summed E-state index contributed by atoms with van der Waals surface area (Å²) in [7, 11) is 1.46. The molecule has 0 aromatic heterocycles. The topological polar surface area (TPSA) is 18.5 Å². The summed E-state index contributed by atoms with van der Waals surface area (Å²) in [6, 6.07) is 39.3. The molecular formula is C34H30Cl2O2SiZr. The summed E-state index contributed by atoms with van der Waals surface area (Å²) < 4.78 is 11.6. The normalized spacial score (nSPS) is 10.9. The number of methoxy groups -OCH3 is 2. The maximum absolute atomic E-state index is 5.79. The molecular weight excluding hydrogens is 631 g/mol. The number of fused-ring (bicyclic) bond motifs is 2. The minimum absolute atomic E-state index is 0. The molecule has 6 aromatic carbocycles. The van der Waals surface area contributed by atoms with Gasteiger partial charge in [-0.15, -0.1) is 44.1 Å². The molecule has 0 heterocycles. The second-order valence-electron chi connectivity index (χ2n) is 10.1. The standard InChI is InChI=1S/C34H30O2Si.2ClH.Zr/c1-35-33-17-15-27(23-11-7-5-8-12-23)29-19-25(21-31(29)33)37(3,4)26-20-30-28(24-13-9-6-10-14-24)16-18-34(36-2)32(30)22-26;;;/h5-22H,1-4H3;2*1H;/q-2;;;+4/p-2. The molecule has 0 bridgehead atoms. The van der Waals surface area contributed by atoms with Gasteiger partial charge in [-0.2, -0.15) is 12.1 Å². The van der Waals surface area contributed by atoms with Crippen molar-refractivity contribution in [3.8, 4) is 33.8 Å². The molecule has 0 N–H and O–H groups in total. The molecule has 6 rings (SSSR count). The van der Waals surface area contributed by atoms with Gasteiger partial charge in [-0.3, -0.25) is 0 Å². The van der Waals surface area contributed by atoms with Crippen molar-refractivity contribution in [2.45, 2.75) is 13.1 Å². The van der Waals surface area contributed by atoms with Crippen molar-refractivity contribution >= 4 is 40.0 Å². The fraction of sp³-hybridized carbons (Fsp3) is 0.118. The van der Waals surface area contributed by atoms with Crippen LogP contribution < -0.4 is 44.7 Å². The van der Waals surface area contributed by atoms with E-state index in [1.165, 1.54) is 54.2 Å². The predicted molar refractivity (Wildman–Crippen MR) is 160 cm³/mol. The molecule has 6 aromatic rings. The SMILES string of the molecule is COc1ccc(-c2ccccc2)c2cc([Si](C)(C)c3cc4c(-c5ccccc5)ccc(OC)c4[cH-]3)[cH-]c12.[Cl-].[Cl-].[Zr+4]. The van der Waals surface area contributed by atoms with Crippen LogP contribution in [0.25, 0.3) is 43.8 Å². The van der Waals surface area contributed by atoms with Crippen LogP contribution >= 0.6 is 0 Å². The Morgan fingerprint density at radius 2 is 0.925 bits per heavy atom. The van der Waals surface area contributed by atoms with E-state index in [2.05, 4.69) is 122 Å². The summed E-state index contributed by atoms with van der Waals surface area (Å²) in [6.07, 6.45) is 0. The van der Waals surface area contributed by atoms with Crippen LogP contribution in [-0.4, -0.2) is 22.3 Å². The molecule has 0 unspecified atom stereocenters. The third-order valence-electron chi connectivity index (χ3n) is 7.75. The molecule has 0 saturated heterocycles. The van der Waals surface area contributed by atoms with E-state index in [0.29, 0.717) is 0 Å². The third-order valence-corrected chi connectivity index (χ3v) is 11.2. The number of ether oxygens (including phenoxy) is 2. The van der Waals surface area contributed by atoms with Gasteiger partial charge in [0.25, 0.3) is 0 Å². The molecule has 0 atom stereocenters. The largest absolute Gasteiger partial charge is 4.00 e. The van der Waals surface area contributed by atoms with Crippen LogP contribution in [0.2, 0.25) is 13.1 Å². The molecule has 2 nitrogen and oxygen atoms in total. The molecule has 0 radical (unpaired) electrons. The van der Waals surface area contributed by atoms with Crippen LogP contribution in [0.15, 0.2) is 109 Å². The Morgan fingerprint density at radius 1 is 0.550 bits per heavy atom. The van der Waals surface area contributed by atoms with Crippen LogP contribution in [0.5, 0.6) is 11.5 Å². The Bertz CT molecular complexity index is 1600. The molecule has 0 amide bonds. The van der Waals surface area contributed by atoms with Crippen molar-refractivity contribution in [1.29, 1.82) is 0 Å². The quantitative estimate of drug-likeness (QED) is 0.200. The van der Waals surface area contributed by atoms with Crippen LogP contribution in [-0.2, 0) is 26.2 Å². The zero-order valence-electron chi connectivity index (χ0n) is 23.0. The first kappa shape index (κ1) is 31.9. The minimum atomic E-state index is -2.05. The smallest absolute Gasteiger partial charge is 1.00 e. The van der Waals surface area contributed by atoms with Crippen LogP contribution in [0.1, 0.15) is 0 Å². The predicted octanol–water partition coefficient (Wildman–Crippen LogP) is 1.61. The second kappa shape index (κ2) is 12.9. The maximum Gasteiger partial charge on any atom is 4.00 e. The van der Waals surface area contributed by atoms with Crippen LogP contribution in [0.3, 0.4) is 0 Å². The van der Waals surface area contributed by atoms with E-state index < -0.39 is 8.07 Å². The van der Waals surface area contributed by atoms with Crippen molar-refractivity contribution in [3.05, 3.63) is 109 Å². The number of rotatable bonds is 6. The maximum atomic E-state index is 5.79. The molecule has 6 heteroatoms. The zero-order valence-corrected chi connectivity index (χ0v) is 27.9. The van der Waals surface area contributed by atoms with Crippen molar-refractivity contribution in [2.75, 3.05) is 14.2 Å². The van der Waals surface area contributed by atoms with Gasteiger partial charge in [-0.25, -0.2) is 0 Å². The van der Waals surface area contributed by atoms with E-state index in [4.69, 9.17) is 9.47 Å². The molecule has 0 spiro atoms. The van der Waals surface area contributed by atoms with E-state index in [9.17, 15) is 0 Å². The Morgan fingerprint density at radius 3 is 1.27 bits per heavy atom. The summed E-state index contributed by atoms with van der Waals surface area (Å²) >= 11 is 0. The van der Waals surface area contributed by atoms with Gasteiger partial charge >= 0.3 is 26.2 Å². The van der Waals surface area contributed by atoms with Gasteiger partial charge in [0.1, 0.15) is 0 Å². The second-order valence-corrected chi connectivity index (χ2v) is 14.5. The number of halogens is 2. The molecule has 0 aliphatic carbocycles. The molecule has 40 heavy (non-hydrogen) atoms. The van der Waals surface area contributed by atoms with Crippen LogP contribution in [0, 0.1) is 0 Å². The Labute approximate surface area is 269 Å². The van der Waals surface area contributed by atoms with E-state index in [1.54, 1.807) is 14.2 Å². The van der Waals surface area contributed by atoms with Crippen molar-refractivity contribution in [2.24, 2.45) is 0 Å².